The second-order valence-corrected chi connectivity index (χ2v) is 6.80. The van der Waals surface area contributed by atoms with Crippen LogP contribution in [0.4, 0.5) is 17.6 Å². The molecule has 2 heterocycles. The number of benzene rings is 1. The lowest BCUT2D eigenvalue weighted by molar-refractivity contribution is -0.250. The van der Waals surface area contributed by atoms with E-state index in [9.17, 15) is 32.3 Å². The van der Waals surface area contributed by atoms with E-state index in [1.807, 2.05) is 0 Å². The third-order valence-corrected chi connectivity index (χ3v) is 4.90. The van der Waals surface area contributed by atoms with Crippen molar-refractivity contribution in [2.45, 2.75) is 37.6 Å². The molecule has 1 aliphatic heterocycles. The summed E-state index contributed by atoms with van der Waals surface area (Å²) in [5.74, 6) is -1.93. The maximum absolute atomic E-state index is 14.1. The molecule has 0 bridgehead atoms. The molecule has 28 heavy (non-hydrogen) atoms. The first-order chi connectivity index (χ1) is 13.0. The number of piperidine rings is 1. The zero-order valence-electron chi connectivity index (χ0n) is 14.8. The predicted molar refractivity (Wildman–Crippen MR) is 89.8 cm³/mol. The van der Waals surface area contributed by atoms with Crippen LogP contribution in [-0.4, -0.2) is 55.5 Å². The van der Waals surface area contributed by atoms with Crippen molar-refractivity contribution < 1.29 is 27.5 Å². The molecule has 1 amide bonds. The molecule has 2 N–H and O–H groups in total. The largest absolute Gasteiger partial charge is 0.426 e. The number of carbonyl (C=O) groups excluding carboxylic acids is 1. The highest BCUT2D eigenvalue weighted by Crippen LogP contribution is 2.34. The average Bonchev–Trinajstić information content (AvgIpc) is 3.02. The number of amides is 1. The molecule has 0 aliphatic carbocycles. The van der Waals surface area contributed by atoms with Crippen LogP contribution in [0.25, 0.3) is 11.4 Å². The number of halogens is 4. The monoisotopic (exact) mass is 402 g/mol. The third kappa shape index (κ3) is 3.41. The Hall–Kier alpha value is -2.69. The summed E-state index contributed by atoms with van der Waals surface area (Å²) in [7, 11) is 0. The van der Waals surface area contributed by atoms with E-state index in [2.05, 4.69) is 10.2 Å². The van der Waals surface area contributed by atoms with Crippen molar-refractivity contribution in [1.29, 1.82) is 0 Å². The zero-order valence-corrected chi connectivity index (χ0v) is 14.8. The minimum Gasteiger partial charge on any atom is -0.373 e. The van der Waals surface area contributed by atoms with Gasteiger partial charge in [-0.3, -0.25) is 9.36 Å². The number of hydrogen-bond donors (Lipinski definition) is 2. The van der Waals surface area contributed by atoms with E-state index in [4.69, 9.17) is 0 Å². The minimum atomic E-state index is -5.10. The van der Waals surface area contributed by atoms with Gasteiger partial charge in [0.15, 0.2) is 5.82 Å². The first kappa shape index (κ1) is 20.1. The molecular formula is C17H18F4N4O3. The van der Waals surface area contributed by atoms with E-state index in [1.165, 1.54) is 22.8 Å². The molecule has 3 rings (SSSR count). The lowest BCUT2D eigenvalue weighted by Gasteiger charge is -2.37. The van der Waals surface area contributed by atoms with E-state index in [0.717, 1.165) is 4.90 Å². The number of rotatable bonds is 3. The molecule has 11 heteroatoms. The van der Waals surface area contributed by atoms with Gasteiger partial charge in [-0.15, -0.1) is 0 Å². The van der Waals surface area contributed by atoms with Gasteiger partial charge in [0, 0.05) is 19.1 Å². The summed E-state index contributed by atoms with van der Waals surface area (Å²) >= 11 is 0. The van der Waals surface area contributed by atoms with Crippen LogP contribution in [0.3, 0.4) is 0 Å². The first-order valence-electron chi connectivity index (χ1n) is 8.54. The summed E-state index contributed by atoms with van der Waals surface area (Å²) in [4.78, 5) is 25.2. The lowest BCUT2D eigenvalue weighted by Crippen LogP contribution is -2.57. The van der Waals surface area contributed by atoms with E-state index in [0.29, 0.717) is 6.92 Å². The summed E-state index contributed by atoms with van der Waals surface area (Å²) in [6, 6.07) is 5.27. The SMILES string of the molecule is CC(O)(C(=O)N1CCC(n2c(-c3ccccc3F)n[nH]c2=O)CC1)C(F)(F)F. The topological polar surface area (TPSA) is 91.2 Å². The fraction of sp³-hybridized carbons (Fsp3) is 0.471. The van der Waals surface area contributed by atoms with Gasteiger partial charge in [0.2, 0.25) is 5.60 Å². The van der Waals surface area contributed by atoms with Crippen molar-refractivity contribution >= 4 is 5.91 Å². The van der Waals surface area contributed by atoms with Gasteiger partial charge >= 0.3 is 11.9 Å². The number of hydrogen-bond acceptors (Lipinski definition) is 4. The van der Waals surface area contributed by atoms with Crippen LogP contribution in [0.15, 0.2) is 29.1 Å². The minimum absolute atomic E-state index is 0.0789. The Morgan fingerprint density at radius 2 is 1.86 bits per heavy atom. The molecule has 1 saturated heterocycles. The van der Waals surface area contributed by atoms with Crippen LogP contribution in [0, 0.1) is 5.82 Å². The number of nitrogens with zero attached hydrogens (tertiary/aromatic N) is 3. The number of carbonyl (C=O) groups is 1. The van der Waals surface area contributed by atoms with E-state index in [1.54, 1.807) is 6.07 Å². The fourth-order valence-electron chi connectivity index (χ4n) is 3.23. The van der Waals surface area contributed by atoms with Gasteiger partial charge in [0.1, 0.15) is 5.82 Å². The van der Waals surface area contributed by atoms with E-state index >= 15 is 0 Å². The summed E-state index contributed by atoms with van der Waals surface area (Å²) in [5.41, 5.74) is -3.95. The van der Waals surface area contributed by atoms with Gasteiger partial charge in [-0.1, -0.05) is 12.1 Å². The number of aromatic amines is 1. The number of H-pyrrole nitrogens is 1. The number of nitrogens with one attached hydrogen (secondary N) is 1. The molecule has 1 atom stereocenters. The molecule has 0 radical (unpaired) electrons. The maximum Gasteiger partial charge on any atom is 0.426 e. The summed E-state index contributed by atoms with van der Waals surface area (Å²) in [6.45, 7) is 0.229. The number of alkyl halides is 3. The second-order valence-electron chi connectivity index (χ2n) is 6.80. The van der Waals surface area contributed by atoms with Crippen molar-refractivity contribution in [2.75, 3.05) is 13.1 Å². The highest BCUT2D eigenvalue weighted by molar-refractivity contribution is 5.85. The average molecular weight is 402 g/mol. The highest BCUT2D eigenvalue weighted by Gasteiger charge is 2.57. The summed E-state index contributed by atoms with van der Waals surface area (Å²) < 4.78 is 54.0. The fourth-order valence-corrected chi connectivity index (χ4v) is 3.23. The molecule has 1 unspecified atom stereocenters. The van der Waals surface area contributed by atoms with Crippen LogP contribution in [0.2, 0.25) is 0 Å². The Bertz CT molecular complexity index is 927. The standard InChI is InChI=1S/C17H18F4N4O3/c1-16(28,17(19,20)21)14(26)24-8-6-10(7-9-24)25-13(22-23-15(25)27)11-4-2-3-5-12(11)18/h2-5,10,28H,6-9H2,1H3,(H,23,27). The van der Waals surface area contributed by atoms with E-state index < -0.39 is 35.2 Å². The van der Waals surface area contributed by atoms with Crippen LogP contribution in [0.1, 0.15) is 25.8 Å². The van der Waals surface area contributed by atoms with Crippen molar-refractivity contribution in [2.24, 2.45) is 0 Å². The number of aromatic nitrogens is 3. The van der Waals surface area contributed by atoms with Gasteiger partial charge in [-0.25, -0.2) is 14.3 Å². The van der Waals surface area contributed by atoms with Crippen molar-refractivity contribution in [1.82, 2.24) is 19.7 Å². The third-order valence-electron chi connectivity index (χ3n) is 4.90. The molecule has 0 spiro atoms. The molecule has 1 aliphatic rings. The van der Waals surface area contributed by atoms with Crippen LogP contribution >= 0.6 is 0 Å². The van der Waals surface area contributed by atoms with Gasteiger partial charge < -0.3 is 10.0 Å². The van der Waals surface area contributed by atoms with Gasteiger partial charge in [-0.2, -0.15) is 18.3 Å². The Morgan fingerprint density at radius 3 is 2.43 bits per heavy atom. The van der Waals surface area contributed by atoms with Crippen molar-refractivity contribution in [3.63, 3.8) is 0 Å². The van der Waals surface area contributed by atoms with Crippen molar-refractivity contribution in [3.05, 3.63) is 40.6 Å². The molecule has 7 nitrogen and oxygen atoms in total. The highest BCUT2D eigenvalue weighted by atomic mass is 19.4. The number of likely N-dealkylation sites (tertiary alicyclic amines) is 1. The smallest absolute Gasteiger partial charge is 0.373 e. The molecule has 152 valence electrons. The Morgan fingerprint density at radius 1 is 1.25 bits per heavy atom. The zero-order chi connectivity index (χ0) is 20.7. The van der Waals surface area contributed by atoms with Crippen LogP contribution in [-0.2, 0) is 4.79 Å². The van der Waals surface area contributed by atoms with Crippen molar-refractivity contribution in [3.8, 4) is 11.4 Å². The summed E-state index contributed by atoms with van der Waals surface area (Å²) in [6.07, 6.45) is -4.79. The second kappa shape index (κ2) is 7.04. The Labute approximate surface area is 156 Å². The molecule has 0 saturated carbocycles. The van der Waals surface area contributed by atoms with Crippen LogP contribution in [0.5, 0.6) is 0 Å². The van der Waals surface area contributed by atoms with E-state index in [-0.39, 0.29) is 37.3 Å². The molecule has 1 fully saturated rings. The molecule has 1 aromatic carbocycles. The van der Waals surface area contributed by atoms with Crippen LogP contribution < -0.4 is 5.69 Å². The Balaban J connectivity index is 1.80. The summed E-state index contributed by atoms with van der Waals surface area (Å²) in [5, 5.41) is 15.7. The normalized spacial score (nSPS) is 18.1. The van der Waals surface area contributed by atoms with Gasteiger partial charge in [0.05, 0.1) is 5.56 Å². The lowest BCUT2D eigenvalue weighted by atomic mass is 9.99. The molecule has 1 aromatic heterocycles. The quantitative estimate of drug-likeness (QED) is 0.767. The Kier molecular flexibility index (Phi) is 5.04. The maximum atomic E-state index is 14.1. The molecule has 2 aromatic rings. The number of aliphatic hydroxyl groups is 1. The van der Waals surface area contributed by atoms with Gasteiger partial charge in [-0.05, 0) is 31.9 Å². The molecular weight excluding hydrogens is 384 g/mol. The van der Waals surface area contributed by atoms with Gasteiger partial charge in [0.25, 0.3) is 5.91 Å². The predicted octanol–water partition coefficient (Wildman–Crippen LogP) is 1.85. The first-order valence-corrected chi connectivity index (χ1v) is 8.54.